The molecular weight excluding hydrogens is 574 g/mol. The third-order valence-corrected chi connectivity index (χ3v) is 7.23. The SMILES string of the molecule is C[C@H](c1c(F)cc(F)cc1F)n1cnc(=O)c2cc(Oc3cccc(-c4ccc5ncn(C)c5c4)c3C(F)(F)F)ccc21. The van der Waals surface area contributed by atoms with E-state index >= 15 is 0 Å². The third-order valence-electron chi connectivity index (χ3n) is 7.23. The van der Waals surface area contributed by atoms with Gasteiger partial charge >= 0.3 is 6.18 Å². The molecule has 0 spiro atoms. The Morgan fingerprint density at radius 2 is 1.60 bits per heavy atom. The van der Waals surface area contributed by atoms with Crippen molar-refractivity contribution in [1.29, 1.82) is 0 Å². The number of alkyl halides is 3. The molecule has 218 valence electrons. The van der Waals surface area contributed by atoms with Crippen molar-refractivity contribution in [2.45, 2.75) is 19.1 Å². The average molecular weight is 595 g/mol. The minimum atomic E-state index is -4.81. The Kier molecular flexibility index (Phi) is 6.71. The zero-order valence-corrected chi connectivity index (χ0v) is 22.5. The molecular formula is C31H20F6N4O2. The molecule has 2 aromatic heterocycles. The highest BCUT2D eigenvalue weighted by Crippen LogP contribution is 2.44. The highest BCUT2D eigenvalue weighted by atomic mass is 19.4. The summed E-state index contributed by atoms with van der Waals surface area (Å²) in [6.45, 7) is 1.43. The summed E-state index contributed by atoms with van der Waals surface area (Å²) in [6.07, 6.45) is -2.16. The first-order valence-electron chi connectivity index (χ1n) is 12.9. The van der Waals surface area contributed by atoms with Crippen LogP contribution in [0.1, 0.15) is 24.1 Å². The second-order valence-electron chi connectivity index (χ2n) is 9.93. The predicted octanol–water partition coefficient (Wildman–Crippen LogP) is 7.79. The first-order chi connectivity index (χ1) is 20.4. The van der Waals surface area contributed by atoms with Crippen LogP contribution in [0.3, 0.4) is 0 Å². The number of hydrogen-bond acceptors (Lipinski definition) is 4. The maximum Gasteiger partial charge on any atom is 0.420 e. The molecule has 0 aliphatic heterocycles. The summed E-state index contributed by atoms with van der Waals surface area (Å²) < 4.78 is 94.7. The van der Waals surface area contributed by atoms with Crippen LogP contribution in [0.4, 0.5) is 26.3 Å². The summed E-state index contributed by atoms with van der Waals surface area (Å²) in [6, 6.07) is 12.6. The van der Waals surface area contributed by atoms with E-state index in [0.717, 1.165) is 6.33 Å². The van der Waals surface area contributed by atoms with Crippen molar-refractivity contribution in [2.24, 2.45) is 7.05 Å². The van der Waals surface area contributed by atoms with Crippen LogP contribution in [0.25, 0.3) is 33.1 Å². The van der Waals surface area contributed by atoms with E-state index < -0.39 is 52.1 Å². The molecule has 0 aliphatic carbocycles. The van der Waals surface area contributed by atoms with Crippen LogP contribution in [0.5, 0.6) is 11.5 Å². The number of benzene rings is 4. The minimum absolute atomic E-state index is 0.0684. The average Bonchev–Trinajstić information content (AvgIpc) is 3.32. The molecule has 0 radical (unpaired) electrons. The molecule has 0 saturated carbocycles. The summed E-state index contributed by atoms with van der Waals surface area (Å²) in [7, 11) is 1.74. The number of imidazole rings is 1. The van der Waals surface area contributed by atoms with Crippen molar-refractivity contribution in [1.82, 2.24) is 19.1 Å². The Balaban J connectivity index is 1.43. The van der Waals surface area contributed by atoms with Gasteiger partial charge in [-0.25, -0.2) is 18.2 Å². The molecule has 0 N–H and O–H groups in total. The molecule has 6 rings (SSSR count). The number of halogens is 6. The number of hydrogen-bond donors (Lipinski definition) is 0. The normalized spacial score (nSPS) is 12.7. The van der Waals surface area contributed by atoms with Crippen molar-refractivity contribution in [3.8, 4) is 22.6 Å². The fourth-order valence-electron chi connectivity index (χ4n) is 5.19. The van der Waals surface area contributed by atoms with Crippen LogP contribution in [-0.2, 0) is 13.2 Å². The first-order valence-corrected chi connectivity index (χ1v) is 12.9. The van der Waals surface area contributed by atoms with E-state index in [1.165, 1.54) is 47.9 Å². The second-order valence-corrected chi connectivity index (χ2v) is 9.93. The van der Waals surface area contributed by atoms with Gasteiger partial charge in [0.2, 0.25) is 0 Å². The number of aryl methyl sites for hydroxylation is 1. The molecule has 6 nitrogen and oxygen atoms in total. The number of aromatic nitrogens is 4. The van der Waals surface area contributed by atoms with E-state index in [-0.39, 0.29) is 22.2 Å². The molecule has 1 atom stereocenters. The van der Waals surface area contributed by atoms with Crippen LogP contribution in [0.15, 0.2) is 84.2 Å². The number of ether oxygens (including phenoxy) is 1. The van der Waals surface area contributed by atoms with Gasteiger partial charge < -0.3 is 13.9 Å². The smallest absolute Gasteiger partial charge is 0.420 e. The van der Waals surface area contributed by atoms with Gasteiger partial charge in [0.1, 0.15) is 34.5 Å². The molecule has 2 heterocycles. The number of fused-ring (bicyclic) bond motifs is 2. The zero-order chi connectivity index (χ0) is 30.6. The van der Waals surface area contributed by atoms with Gasteiger partial charge in [-0.15, -0.1) is 0 Å². The standard InChI is InChI=1S/C31H20F6N4O2/c1-16(28-22(33)11-18(32)12-23(28)34)41-15-39-30(42)21-13-19(7-9-25(21)41)43-27-5-3-4-20(29(27)31(35,36)37)17-6-8-24-26(10-17)40(2)14-38-24/h3-16H,1-2H3/t16-/m1/s1. The third kappa shape index (κ3) is 4.98. The summed E-state index contributed by atoms with van der Waals surface area (Å²) >= 11 is 0. The summed E-state index contributed by atoms with van der Waals surface area (Å²) in [5, 5.41) is -0.0684. The second kappa shape index (κ2) is 10.3. The fourth-order valence-corrected chi connectivity index (χ4v) is 5.19. The lowest BCUT2D eigenvalue weighted by atomic mass is 9.98. The van der Waals surface area contributed by atoms with E-state index in [1.807, 2.05) is 0 Å². The van der Waals surface area contributed by atoms with Crippen molar-refractivity contribution in [2.75, 3.05) is 0 Å². The van der Waals surface area contributed by atoms with Gasteiger partial charge in [0.05, 0.1) is 40.6 Å². The van der Waals surface area contributed by atoms with Crippen LogP contribution in [0, 0.1) is 17.5 Å². The predicted molar refractivity (Wildman–Crippen MR) is 147 cm³/mol. The molecule has 0 saturated heterocycles. The van der Waals surface area contributed by atoms with Crippen molar-refractivity contribution in [3.05, 3.63) is 118 Å². The molecule has 12 heteroatoms. The van der Waals surface area contributed by atoms with Crippen molar-refractivity contribution in [3.63, 3.8) is 0 Å². The molecule has 0 unspecified atom stereocenters. The van der Waals surface area contributed by atoms with Gasteiger partial charge in [0, 0.05) is 24.7 Å². The van der Waals surface area contributed by atoms with E-state index in [2.05, 4.69) is 9.97 Å². The summed E-state index contributed by atoms with van der Waals surface area (Å²) in [5.74, 6) is -3.93. The number of nitrogens with zero attached hydrogens (tertiary/aromatic N) is 4. The first kappa shape index (κ1) is 28.0. The lowest BCUT2D eigenvalue weighted by molar-refractivity contribution is -0.138. The van der Waals surface area contributed by atoms with E-state index in [0.29, 0.717) is 28.7 Å². The molecule has 6 aromatic rings. The van der Waals surface area contributed by atoms with Crippen LogP contribution < -0.4 is 10.3 Å². The molecule has 0 aliphatic rings. The topological polar surface area (TPSA) is 61.9 Å². The maximum absolute atomic E-state index is 14.5. The van der Waals surface area contributed by atoms with Crippen molar-refractivity contribution < 1.29 is 31.1 Å². The van der Waals surface area contributed by atoms with Crippen LogP contribution in [0.2, 0.25) is 0 Å². The monoisotopic (exact) mass is 594 g/mol. The number of rotatable bonds is 5. The summed E-state index contributed by atoms with van der Waals surface area (Å²) in [4.78, 5) is 20.7. The molecule has 0 bridgehead atoms. The van der Waals surface area contributed by atoms with E-state index in [4.69, 9.17) is 4.74 Å². The van der Waals surface area contributed by atoms with Crippen LogP contribution in [-0.4, -0.2) is 19.1 Å². The van der Waals surface area contributed by atoms with Gasteiger partial charge in [-0.3, -0.25) is 4.79 Å². The van der Waals surface area contributed by atoms with Gasteiger partial charge in [0.15, 0.2) is 0 Å². The van der Waals surface area contributed by atoms with Crippen molar-refractivity contribution >= 4 is 21.9 Å². The lowest BCUT2D eigenvalue weighted by Crippen LogP contribution is -2.18. The molecule has 0 fully saturated rings. The highest BCUT2D eigenvalue weighted by Gasteiger charge is 2.38. The fraction of sp³-hybridized carbons (Fsp3) is 0.129. The molecule has 43 heavy (non-hydrogen) atoms. The summed E-state index contributed by atoms with van der Waals surface area (Å²) in [5.41, 5.74) is -0.577. The van der Waals surface area contributed by atoms with Gasteiger partial charge in [-0.1, -0.05) is 18.2 Å². The Hall–Kier alpha value is -5.13. The quantitative estimate of drug-likeness (QED) is 0.191. The van der Waals surface area contributed by atoms with Gasteiger partial charge in [-0.2, -0.15) is 18.2 Å². The van der Waals surface area contributed by atoms with E-state index in [1.54, 1.807) is 36.1 Å². The minimum Gasteiger partial charge on any atom is -0.457 e. The van der Waals surface area contributed by atoms with E-state index in [9.17, 15) is 31.1 Å². The molecule has 0 amide bonds. The molecule has 4 aromatic carbocycles. The highest BCUT2D eigenvalue weighted by molar-refractivity contribution is 5.84. The Morgan fingerprint density at radius 3 is 2.33 bits per heavy atom. The Morgan fingerprint density at radius 1 is 0.860 bits per heavy atom. The van der Waals surface area contributed by atoms with Gasteiger partial charge in [0.25, 0.3) is 5.56 Å². The lowest BCUT2D eigenvalue weighted by Gasteiger charge is -2.20. The van der Waals surface area contributed by atoms with Gasteiger partial charge in [-0.05, 0) is 54.4 Å². The van der Waals surface area contributed by atoms with Crippen LogP contribution >= 0.6 is 0 Å². The Labute approximate surface area is 239 Å². The largest absolute Gasteiger partial charge is 0.457 e. The maximum atomic E-state index is 14.5. The zero-order valence-electron chi connectivity index (χ0n) is 22.5. The Bertz CT molecular complexity index is 2080.